The molecule has 1 N–H and O–H groups in total. The van der Waals surface area contributed by atoms with Gasteiger partial charge >= 0.3 is 0 Å². The lowest BCUT2D eigenvalue weighted by Crippen LogP contribution is -2.38. The third-order valence-electron chi connectivity index (χ3n) is 4.10. The molecule has 0 aliphatic carbocycles. The molecular weight excluding hydrogens is 365 g/mol. The molecule has 1 aromatic heterocycles. The standard InChI is InChI=1S/C20H20FN3O2S/c1-13(2)24(19(25)12-27-15-9-7-14(21)8-10-15)11-18-22-17-6-4-3-5-16(17)20(26)23-18/h3-10,13H,11-12H2,1-2H3,(H,22,23,26). The normalized spacial score (nSPS) is 11.1. The topological polar surface area (TPSA) is 66.1 Å². The first-order valence-corrected chi connectivity index (χ1v) is 9.58. The molecule has 0 atom stereocenters. The van der Waals surface area contributed by atoms with Crippen LogP contribution in [0, 0.1) is 5.82 Å². The zero-order valence-corrected chi connectivity index (χ0v) is 15.9. The molecule has 140 valence electrons. The highest BCUT2D eigenvalue weighted by molar-refractivity contribution is 8.00. The number of aromatic amines is 1. The number of carbonyl (C=O) groups is 1. The molecule has 1 amide bonds. The Morgan fingerprint density at radius 2 is 1.89 bits per heavy atom. The smallest absolute Gasteiger partial charge is 0.258 e. The number of aromatic nitrogens is 2. The third-order valence-corrected chi connectivity index (χ3v) is 5.10. The fourth-order valence-corrected chi connectivity index (χ4v) is 3.47. The first kappa shape index (κ1) is 19.1. The van der Waals surface area contributed by atoms with Crippen LogP contribution in [-0.4, -0.2) is 32.6 Å². The summed E-state index contributed by atoms with van der Waals surface area (Å²) in [5, 5.41) is 0.524. The van der Waals surface area contributed by atoms with Gasteiger partial charge in [0.15, 0.2) is 0 Å². The Labute approximate surface area is 160 Å². The van der Waals surface area contributed by atoms with Crippen LogP contribution in [0.1, 0.15) is 19.7 Å². The number of hydrogen-bond acceptors (Lipinski definition) is 4. The van der Waals surface area contributed by atoms with E-state index in [0.717, 1.165) is 4.90 Å². The number of thioether (sulfide) groups is 1. The number of benzene rings is 2. The van der Waals surface area contributed by atoms with E-state index in [-0.39, 0.29) is 35.6 Å². The summed E-state index contributed by atoms with van der Waals surface area (Å²) in [7, 11) is 0. The van der Waals surface area contributed by atoms with Gasteiger partial charge in [0.25, 0.3) is 5.56 Å². The second kappa shape index (κ2) is 8.35. The molecule has 27 heavy (non-hydrogen) atoms. The molecule has 0 unspecified atom stereocenters. The minimum atomic E-state index is -0.305. The molecule has 2 aromatic carbocycles. The van der Waals surface area contributed by atoms with Crippen molar-refractivity contribution in [3.05, 3.63) is 70.5 Å². The van der Waals surface area contributed by atoms with E-state index in [9.17, 15) is 14.0 Å². The van der Waals surface area contributed by atoms with Gasteiger partial charge in [0.1, 0.15) is 11.6 Å². The highest BCUT2D eigenvalue weighted by Crippen LogP contribution is 2.19. The Hall–Kier alpha value is -2.67. The monoisotopic (exact) mass is 385 g/mol. The van der Waals surface area contributed by atoms with E-state index in [4.69, 9.17) is 0 Å². The maximum absolute atomic E-state index is 13.0. The van der Waals surface area contributed by atoms with Crippen LogP contribution in [0.2, 0.25) is 0 Å². The molecule has 5 nitrogen and oxygen atoms in total. The Balaban J connectivity index is 1.74. The van der Waals surface area contributed by atoms with E-state index in [2.05, 4.69) is 9.97 Å². The molecule has 3 aromatic rings. The number of nitrogens with one attached hydrogen (secondary N) is 1. The van der Waals surface area contributed by atoms with Gasteiger partial charge in [-0.3, -0.25) is 9.59 Å². The van der Waals surface area contributed by atoms with Crippen molar-refractivity contribution in [2.24, 2.45) is 0 Å². The van der Waals surface area contributed by atoms with E-state index >= 15 is 0 Å². The summed E-state index contributed by atoms with van der Waals surface area (Å²) in [5.74, 6) is 0.297. The van der Waals surface area contributed by atoms with Crippen LogP contribution in [0.3, 0.4) is 0 Å². The van der Waals surface area contributed by atoms with Crippen LogP contribution >= 0.6 is 11.8 Å². The molecule has 0 bridgehead atoms. The van der Waals surface area contributed by atoms with Crippen LogP contribution in [0.15, 0.2) is 58.2 Å². The van der Waals surface area contributed by atoms with Gasteiger partial charge in [-0.25, -0.2) is 9.37 Å². The highest BCUT2D eigenvalue weighted by atomic mass is 32.2. The Morgan fingerprint density at radius 3 is 2.59 bits per heavy atom. The summed E-state index contributed by atoms with van der Waals surface area (Å²) in [5.41, 5.74) is 0.389. The van der Waals surface area contributed by atoms with Gasteiger partial charge < -0.3 is 9.88 Å². The average molecular weight is 385 g/mol. The number of fused-ring (bicyclic) bond motifs is 1. The zero-order valence-electron chi connectivity index (χ0n) is 15.1. The second-order valence-corrected chi connectivity index (χ2v) is 7.44. The lowest BCUT2D eigenvalue weighted by molar-refractivity contribution is -0.130. The minimum Gasteiger partial charge on any atom is -0.332 e. The molecule has 7 heteroatoms. The molecule has 0 aliphatic heterocycles. The van der Waals surface area contributed by atoms with Gasteiger partial charge in [-0.15, -0.1) is 11.8 Å². The van der Waals surface area contributed by atoms with Crippen molar-refractivity contribution >= 4 is 28.6 Å². The predicted octanol–water partition coefficient (Wildman–Crippen LogP) is 3.59. The molecule has 0 aliphatic rings. The fourth-order valence-electron chi connectivity index (χ4n) is 2.69. The maximum atomic E-state index is 13.0. The summed E-state index contributed by atoms with van der Waals surface area (Å²) in [6.45, 7) is 4.06. The van der Waals surface area contributed by atoms with Crippen molar-refractivity contribution in [1.82, 2.24) is 14.9 Å². The molecule has 3 rings (SSSR count). The van der Waals surface area contributed by atoms with E-state index < -0.39 is 0 Å². The third kappa shape index (κ3) is 4.74. The lowest BCUT2D eigenvalue weighted by atomic mass is 10.2. The van der Waals surface area contributed by atoms with E-state index in [1.807, 2.05) is 19.9 Å². The van der Waals surface area contributed by atoms with Gasteiger partial charge in [-0.05, 0) is 50.2 Å². The van der Waals surface area contributed by atoms with Crippen molar-refractivity contribution in [2.75, 3.05) is 5.75 Å². The highest BCUT2D eigenvalue weighted by Gasteiger charge is 2.19. The largest absolute Gasteiger partial charge is 0.332 e. The summed E-state index contributed by atoms with van der Waals surface area (Å²) >= 11 is 1.35. The fraction of sp³-hybridized carbons (Fsp3) is 0.250. The molecular formula is C20H20FN3O2S. The number of H-pyrrole nitrogens is 1. The molecule has 0 saturated carbocycles. The second-order valence-electron chi connectivity index (χ2n) is 6.39. The van der Waals surface area contributed by atoms with Crippen LogP contribution in [0.25, 0.3) is 10.9 Å². The Kier molecular flexibility index (Phi) is 5.91. The number of nitrogens with zero attached hydrogens (tertiary/aromatic N) is 2. The molecule has 0 fully saturated rings. The first-order chi connectivity index (χ1) is 12.9. The van der Waals surface area contributed by atoms with Crippen molar-refractivity contribution in [3.63, 3.8) is 0 Å². The number of amides is 1. The van der Waals surface area contributed by atoms with Crippen molar-refractivity contribution < 1.29 is 9.18 Å². The Bertz CT molecular complexity index is 1000. The quantitative estimate of drug-likeness (QED) is 0.659. The van der Waals surface area contributed by atoms with E-state index in [1.165, 1.54) is 23.9 Å². The first-order valence-electron chi connectivity index (χ1n) is 8.60. The number of rotatable bonds is 6. The van der Waals surface area contributed by atoms with Crippen LogP contribution in [0.5, 0.6) is 0 Å². The summed E-state index contributed by atoms with van der Waals surface area (Å²) in [4.78, 5) is 34.6. The molecule has 1 heterocycles. The molecule has 0 radical (unpaired) electrons. The van der Waals surface area contributed by atoms with E-state index in [1.54, 1.807) is 35.2 Å². The predicted molar refractivity (Wildman–Crippen MR) is 105 cm³/mol. The number of para-hydroxylation sites is 1. The average Bonchev–Trinajstić information content (AvgIpc) is 2.65. The van der Waals surface area contributed by atoms with Crippen LogP contribution < -0.4 is 5.56 Å². The maximum Gasteiger partial charge on any atom is 0.258 e. The SMILES string of the molecule is CC(C)N(Cc1nc2ccccc2c(=O)[nH]1)C(=O)CSc1ccc(F)cc1. The summed E-state index contributed by atoms with van der Waals surface area (Å²) in [6.07, 6.45) is 0. The number of hydrogen-bond donors (Lipinski definition) is 1. The number of halogens is 1. The van der Waals surface area contributed by atoms with Gasteiger partial charge in [0.2, 0.25) is 5.91 Å². The van der Waals surface area contributed by atoms with Crippen molar-refractivity contribution in [1.29, 1.82) is 0 Å². The number of carbonyl (C=O) groups excluding carboxylic acids is 1. The van der Waals surface area contributed by atoms with Gasteiger partial charge in [-0.1, -0.05) is 12.1 Å². The summed E-state index contributed by atoms with van der Waals surface area (Å²) < 4.78 is 13.0. The van der Waals surface area contributed by atoms with Crippen molar-refractivity contribution in [3.8, 4) is 0 Å². The van der Waals surface area contributed by atoms with Crippen LogP contribution in [-0.2, 0) is 11.3 Å². The van der Waals surface area contributed by atoms with Crippen molar-refractivity contribution in [2.45, 2.75) is 31.3 Å². The van der Waals surface area contributed by atoms with Gasteiger partial charge in [0, 0.05) is 10.9 Å². The minimum absolute atomic E-state index is 0.0527. The lowest BCUT2D eigenvalue weighted by Gasteiger charge is -2.26. The Morgan fingerprint density at radius 1 is 1.19 bits per heavy atom. The van der Waals surface area contributed by atoms with Gasteiger partial charge in [0.05, 0.1) is 23.2 Å². The zero-order chi connectivity index (χ0) is 19.4. The van der Waals surface area contributed by atoms with E-state index in [0.29, 0.717) is 16.7 Å². The van der Waals surface area contributed by atoms with Crippen LogP contribution in [0.4, 0.5) is 4.39 Å². The molecule has 0 spiro atoms. The van der Waals surface area contributed by atoms with Gasteiger partial charge in [-0.2, -0.15) is 0 Å². The molecule has 0 saturated heterocycles. The summed E-state index contributed by atoms with van der Waals surface area (Å²) in [6, 6.07) is 13.1.